The van der Waals surface area contributed by atoms with Crippen LogP contribution in [0.2, 0.25) is 0 Å². The molecule has 0 saturated carbocycles. The highest BCUT2D eigenvalue weighted by Crippen LogP contribution is 2.36. The zero-order valence-corrected chi connectivity index (χ0v) is 12.3. The van der Waals surface area contributed by atoms with E-state index < -0.39 is 17.7 Å². The Hall–Kier alpha value is -2.83. The fourth-order valence-electron chi connectivity index (χ4n) is 2.29. The summed E-state index contributed by atoms with van der Waals surface area (Å²) in [6.45, 7) is -0.197. The average Bonchev–Trinajstić information content (AvgIpc) is 3.23. The Bertz CT molecular complexity index is 818. The van der Waals surface area contributed by atoms with Gasteiger partial charge >= 0.3 is 12.1 Å². The van der Waals surface area contributed by atoms with Crippen molar-refractivity contribution in [2.24, 2.45) is 0 Å². The number of esters is 1. The maximum absolute atomic E-state index is 13.0. The summed E-state index contributed by atoms with van der Waals surface area (Å²) in [4.78, 5) is 11.7. The molecule has 0 fully saturated rings. The van der Waals surface area contributed by atoms with Crippen LogP contribution in [0, 0.1) is 0 Å². The third-order valence-electron chi connectivity index (χ3n) is 3.45. The molecule has 24 heavy (non-hydrogen) atoms. The summed E-state index contributed by atoms with van der Waals surface area (Å²) >= 11 is 0. The summed E-state index contributed by atoms with van der Waals surface area (Å²) in [5.74, 6) is -0.324. The molecular formula is C17H12F3NO3. The third-order valence-corrected chi connectivity index (χ3v) is 3.45. The highest BCUT2D eigenvalue weighted by molar-refractivity contribution is 5.89. The van der Waals surface area contributed by atoms with Crippen molar-refractivity contribution in [3.05, 3.63) is 65.5 Å². The first-order chi connectivity index (χ1) is 11.4. The van der Waals surface area contributed by atoms with Gasteiger partial charge in [0.2, 0.25) is 0 Å². The number of hydrogen-bond acceptors (Lipinski definition) is 4. The van der Waals surface area contributed by atoms with Crippen molar-refractivity contribution < 1.29 is 27.2 Å². The molecule has 0 radical (unpaired) electrons. The maximum atomic E-state index is 13.0. The summed E-state index contributed by atoms with van der Waals surface area (Å²) in [7, 11) is 0. The van der Waals surface area contributed by atoms with Crippen molar-refractivity contribution in [2.45, 2.75) is 19.2 Å². The van der Waals surface area contributed by atoms with Crippen molar-refractivity contribution in [2.75, 3.05) is 0 Å². The number of benzene rings is 1. The van der Waals surface area contributed by atoms with E-state index in [2.05, 4.69) is 5.16 Å². The molecule has 3 rings (SSSR count). The van der Waals surface area contributed by atoms with E-state index in [0.29, 0.717) is 12.0 Å². The number of ether oxygens (including phenoxy) is 1. The molecule has 124 valence electrons. The summed E-state index contributed by atoms with van der Waals surface area (Å²) in [6, 6.07) is 6.41. The van der Waals surface area contributed by atoms with E-state index >= 15 is 0 Å². The number of nitrogens with zero attached hydrogens (tertiary/aromatic N) is 1. The van der Waals surface area contributed by atoms with Crippen LogP contribution in [0.3, 0.4) is 0 Å². The van der Waals surface area contributed by atoms with Gasteiger partial charge in [0.05, 0.1) is 5.56 Å². The van der Waals surface area contributed by atoms with Crippen LogP contribution in [0.1, 0.15) is 17.7 Å². The minimum atomic E-state index is -4.50. The molecule has 0 spiro atoms. The molecule has 1 heterocycles. The number of hydrogen-bond donors (Lipinski definition) is 0. The molecule has 1 aliphatic carbocycles. The number of carbonyl (C=O) groups excluding carboxylic acids is 1. The Morgan fingerprint density at radius 1 is 1.29 bits per heavy atom. The SMILES string of the molecule is O=C(OCc1cc(-c2ccccc2C(F)(F)F)no1)C1=CC=CC1. The van der Waals surface area contributed by atoms with Crippen LogP contribution in [0.15, 0.2) is 58.7 Å². The van der Waals surface area contributed by atoms with Crippen LogP contribution in [0.4, 0.5) is 13.2 Å². The Labute approximate surface area is 135 Å². The van der Waals surface area contributed by atoms with Gasteiger partial charge in [-0.1, -0.05) is 41.6 Å². The quantitative estimate of drug-likeness (QED) is 0.782. The van der Waals surface area contributed by atoms with Gasteiger partial charge in [0, 0.05) is 17.2 Å². The number of rotatable bonds is 4. The molecule has 0 N–H and O–H groups in total. The van der Waals surface area contributed by atoms with Crippen molar-refractivity contribution >= 4 is 5.97 Å². The van der Waals surface area contributed by atoms with Crippen LogP contribution in [0.25, 0.3) is 11.3 Å². The van der Waals surface area contributed by atoms with Gasteiger partial charge in [0.25, 0.3) is 0 Å². The average molecular weight is 335 g/mol. The standard InChI is InChI=1S/C17H12F3NO3/c18-17(19,20)14-8-4-3-7-13(14)15-9-12(24-21-15)10-23-16(22)11-5-1-2-6-11/h1-5,7-9H,6,10H2. The lowest BCUT2D eigenvalue weighted by Crippen LogP contribution is -2.07. The fraction of sp³-hybridized carbons (Fsp3) is 0.176. The van der Waals surface area contributed by atoms with E-state index in [9.17, 15) is 18.0 Å². The van der Waals surface area contributed by atoms with Gasteiger partial charge < -0.3 is 9.26 Å². The molecule has 1 aromatic carbocycles. The lowest BCUT2D eigenvalue weighted by molar-refractivity contribution is -0.141. The molecule has 7 heteroatoms. The minimum absolute atomic E-state index is 0.0377. The van der Waals surface area contributed by atoms with E-state index in [1.165, 1.54) is 24.3 Å². The Kier molecular flexibility index (Phi) is 4.24. The topological polar surface area (TPSA) is 52.3 Å². The maximum Gasteiger partial charge on any atom is 0.417 e. The lowest BCUT2D eigenvalue weighted by Gasteiger charge is -2.10. The predicted octanol–water partition coefficient (Wildman–Crippen LogP) is 4.29. The number of alkyl halides is 3. The van der Waals surface area contributed by atoms with Crippen LogP contribution < -0.4 is 0 Å². The lowest BCUT2D eigenvalue weighted by atomic mass is 10.0. The van der Waals surface area contributed by atoms with Gasteiger partial charge in [0.15, 0.2) is 12.4 Å². The highest BCUT2D eigenvalue weighted by Gasteiger charge is 2.34. The van der Waals surface area contributed by atoms with Crippen LogP contribution in [-0.2, 0) is 22.3 Å². The van der Waals surface area contributed by atoms with E-state index in [0.717, 1.165) is 6.07 Å². The predicted molar refractivity (Wildman–Crippen MR) is 78.6 cm³/mol. The van der Waals surface area contributed by atoms with E-state index in [-0.39, 0.29) is 23.6 Å². The second kappa shape index (κ2) is 6.35. The van der Waals surface area contributed by atoms with Gasteiger partial charge in [-0.15, -0.1) is 0 Å². The molecule has 0 bridgehead atoms. The molecular weight excluding hydrogens is 323 g/mol. The summed E-state index contributed by atoms with van der Waals surface area (Å²) in [5, 5.41) is 3.64. The molecule has 4 nitrogen and oxygen atoms in total. The first kappa shape index (κ1) is 16.0. The van der Waals surface area contributed by atoms with Gasteiger partial charge in [-0.05, 0) is 12.5 Å². The van der Waals surface area contributed by atoms with Gasteiger partial charge in [-0.25, -0.2) is 4.79 Å². The number of allylic oxidation sites excluding steroid dienone is 3. The largest absolute Gasteiger partial charge is 0.454 e. The summed E-state index contributed by atoms with van der Waals surface area (Å²) in [5.41, 5.74) is -0.342. The first-order valence-electron chi connectivity index (χ1n) is 7.10. The Morgan fingerprint density at radius 3 is 2.79 bits per heavy atom. The number of halogens is 3. The van der Waals surface area contributed by atoms with Gasteiger partial charge in [-0.3, -0.25) is 0 Å². The second-order valence-corrected chi connectivity index (χ2v) is 5.12. The third kappa shape index (κ3) is 3.40. The second-order valence-electron chi connectivity index (χ2n) is 5.12. The van der Waals surface area contributed by atoms with Crippen LogP contribution in [0.5, 0.6) is 0 Å². The van der Waals surface area contributed by atoms with E-state index in [4.69, 9.17) is 9.26 Å². The van der Waals surface area contributed by atoms with Crippen molar-refractivity contribution in [1.82, 2.24) is 5.16 Å². The van der Waals surface area contributed by atoms with Gasteiger partial charge in [-0.2, -0.15) is 13.2 Å². The van der Waals surface area contributed by atoms with Crippen molar-refractivity contribution in [1.29, 1.82) is 0 Å². The smallest absolute Gasteiger partial charge is 0.417 e. The van der Waals surface area contributed by atoms with Crippen molar-refractivity contribution in [3.63, 3.8) is 0 Å². The first-order valence-corrected chi connectivity index (χ1v) is 7.10. The molecule has 0 unspecified atom stereocenters. The molecule has 1 aromatic heterocycles. The zero-order valence-electron chi connectivity index (χ0n) is 12.3. The molecule has 0 atom stereocenters. The molecule has 1 aliphatic rings. The Morgan fingerprint density at radius 2 is 2.08 bits per heavy atom. The monoisotopic (exact) mass is 335 g/mol. The van der Waals surface area contributed by atoms with E-state index in [1.54, 1.807) is 12.2 Å². The molecule has 2 aromatic rings. The fourth-order valence-corrected chi connectivity index (χ4v) is 2.29. The van der Waals surface area contributed by atoms with Crippen molar-refractivity contribution in [3.8, 4) is 11.3 Å². The summed E-state index contributed by atoms with van der Waals surface area (Å²) < 4.78 is 49.1. The minimum Gasteiger partial charge on any atom is -0.454 e. The van der Waals surface area contributed by atoms with Crippen LogP contribution in [-0.4, -0.2) is 11.1 Å². The molecule has 0 amide bonds. The molecule has 0 aliphatic heterocycles. The highest BCUT2D eigenvalue weighted by atomic mass is 19.4. The number of aromatic nitrogens is 1. The van der Waals surface area contributed by atoms with E-state index in [1.807, 2.05) is 6.08 Å². The van der Waals surface area contributed by atoms with Gasteiger partial charge in [0.1, 0.15) is 5.69 Å². The zero-order chi connectivity index (χ0) is 17.2. The Balaban J connectivity index is 1.73. The van der Waals surface area contributed by atoms with Crippen LogP contribution >= 0.6 is 0 Å². The normalized spacial score (nSPS) is 13.9. The number of carbonyl (C=O) groups is 1. The summed E-state index contributed by atoms with van der Waals surface area (Å²) in [6.07, 6.45) is 1.21. The molecule has 0 saturated heterocycles.